The number of nitrogens with one attached hydrogen (secondary N) is 1. The molecule has 2 heterocycles. The lowest BCUT2D eigenvalue weighted by molar-refractivity contribution is -0.123. The molecule has 0 bridgehead atoms. The number of allylic oxidation sites excluding steroid dienone is 4. The third-order valence-corrected chi connectivity index (χ3v) is 6.56. The zero-order chi connectivity index (χ0) is 27.5. The second kappa shape index (κ2) is 10.7. The molecule has 1 aromatic heterocycles. The van der Waals surface area contributed by atoms with Crippen LogP contribution in [0.15, 0.2) is 72.1 Å². The average molecular weight is 526 g/mol. The van der Waals surface area contributed by atoms with E-state index in [2.05, 4.69) is 10.4 Å². The first kappa shape index (κ1) is 25.5. The van der Waals surface area contributed by atoms with Crippen LogP contribution in [-0.4, -0.2) is 38.8 Å². The quantitative estimate of drug-likeness (QED) is 0.347. The van der Waals surface area contributed by atoms with E-state index in [9.17, 15) is 19.1 Å². The van der Waals surface area contributed by atoms with Gasteiger partial charge in [-0.15, -0.1) is 0 Å². The van der Waals surface area contributed by atoms with Gasteiger partial charge in [-0.25, -0.2) is 13.9 Å². The van der Waals surface area contributed by atoms with Crippen LogP contribution in [0, 0.1) is 17.1 Å². The van der Waals surface area contributed by atoms with Crippen molar-refractivity contribution in [2.75, 3.05) is 7.11 Å². The van der Waals surface area contributed by atoms with Crippen molar-refractivity contribution in [3.63, 3.8) is 0 Å². The summed E-state index contributed by atoms with van der Waals surface area (Å²) in [5.41, 5.74) is 3.33. The number of aromatic hydroxyl groups is 1. The molecule has 1 fully saturated rings. The van der Waals surface area contributed by atoms with Gasteiger partial charge in [0.15, 0.2) is 0 Å². The zero-order valence-corrected chi connectivity index (χ0v) is 21.0. The Labute approximate surface area is 223 Å². The van der Waals surface area contributed by atoms with Crippen LogP contribution >= 0.6 is 0 Å². The summed E-state index contributed by atoms with van der Waals surface area (Å²) in [6, 6.07) is 13.9. The van der Waals surface area contributed by atoms with Crippen molar-refractivity contribution in [1.82, 2.24) is 20.0 Å². The molecule has 0 radical (unpaired) electrons. The van der Waals surface area contributed by atoms with Crippen LogP contribution in [0.5, 0.6) is 5.88 Å². The summed E-state index contributed by atoms with van der Waals surface area (Å²) in [5.74, 6) is -0.313. The minimum absolute atomic E-state index is 0.0111. The largest absolute Gasteiger partial charge is 0.501 e. The number of carbonyl (C=O) groups excluding carboxylic acids is 2. The topological polar surface area (TPSA) is 120 Å². The Hall–Kier alpha value is -5.17. The third kappa shape index (κ3) is 5.29. The second-order valence-electron chi connectivity index (χ2n) is 9.08. The predicted octanol–water partition coefficient (Wildman–Crippen LogP) is 4.45. The molecule has 2 N–H and O–H groups in total. The highest BCUT2D eigenvalue weighted by molar-refractivity contribution is 6.14. The predicted molar refractivity (Wildman–Crippen MR) is 140 cm³/mol. The molecule has 9 nitrogen and oxygen atoms in total. The van der Waals surface area contributed by atoms with Gasteiger partial charge in [-0.3, -0.25) is 9.69 Å². The molecular weight excluding hydrogens is 501 g/mol. The molecule has 1 aliphatic heterocycles. The Balaban J connectivity index is 1.49. The van der Waals surface area contributed by atoms with Crippen LogP contribution in [0.4, 0.5) is 9.18 Å². The Morgan fingerprint density at radius 1 is 1.10 bits per heavy atom. The summed E-state index contributed by atoms with van der Waals surface area (Å²) in [5, 5.41) is 27.4. The van der Waals surface area contributed by atoms with E-state index in [1.54, 1.807) is 55.7 Å². The SMILES string of the molecule is COC1=CC=C(n2nc(Cc3ccc(F)cc3)c(/C=C3\NC(=O)N(Cc4ccc(C#N)cc4)C3=O)c2O)CC1. The Kier molecular flexibility index (Phi) is 6.97. The normalized spacial score (nSPS) is 16.1. The van der Waals surface area contributed by atoms with Gasteiger partial charge in [-0.2, -0.15) is 10.4 Å². The van der Waals surface area contributed by atoms with Gasteiger partial charge in [-0.1, -0.05) is 24.3 Å². The van der Waals surface area contributed by atoms with Crippen molar-refractivity contribution in [2.24, 2.45) is 0 Å². The number of rotatable bonds is 7. The van der Waals surface area contributed by atoms with E-state index in [0.29, 0.717) is 29.7 Å². The van der Waals surface area contributed by atoms with E-state index in [1.807, 2.05) is 6.07 Å². The number of ether oxygens (including phenoxy) is 1. The van der Waals surface area contributed by atoms with Gasteiger partial charge in [-0.05, 0) is 60.0 Å². The first-order chi connectivity index (χ1) is 18.9. The van der Waals surface area contributed by atoms with Crippen molar-refractivity contribution >= 4 is 23.7 Å². The number of nitrogens with zero attached hydrogens (tertiary/aromatic N) is 4. The third-order valence-electron chi connectivity index (χ3n) is 6.56. The molecule has 2 aromatic carbocycles. The maximum atomic E-state index is 13.5. The molecule has 1 aliphatic carbocycles. The Bertz CT molecular complexity index is 1580. The fourth-order valence-electron chi connectivity index (χ4n) is 4.42. The zero-order valence-electron chi connectivity index (χ0n) is 21.0. The number of amides is 3. The van der Waals surface area contributed by atoms with Gasteiger partial charge < -0.3 is 15.2 Å². The molecule has 39 heavy (non-hydrogen) atoms. The molecule has 3 aromatic rings. The highest BCUT2D eigenvalue weighted by Gasteiger charge is 2.34. The first-order valence-electron chi connectivity index (χ1n) is 12.2. The number of nitriles is 1. The lowest BCUT2D eigenvalue weighted by atomic mass is 10.1. The minimum Gasteiger partial charge on any atom is -0.501 e. The van der Waals surface area contributed by atoms with Crippen LogP contribution in [0.2, 0.25) is 0 Å². The lowest BCUT2D eigenvalue weighted by Crippen LogP contribution is -2.30. The molecule has 0 atom stereocenters. The molecule has 3 amide bonds. The van der Waals surface area contributed by atoms with E-state index in [1.165, 1.54) is 22.9 Å². The molecule has 10 heteroatoms. The number of hydrogen-bond donors (Lipinski definition) is 2. The highest BCUT2D eigenvalue weighted by atomic mass is 19.1. The molecule has 1 saturated heterocycles. The van der Waals surface area contributed by atoms with E-state index in [4.69, 9.17) is 10.00 Å². The van der Waals surface area contributed by atoms with Crippen molar-refractivity contribution in [1.29, 1.82) is 5.26 Å². The van der Waals surface area contributed by atoms with Gasteiger partial charge in [0.25, 0.3) is 5.91 Å². The number of halogens is 1. The number of imide groups is 1. The van der Waals surface area contributed by atoms with E-state index in [-0.39, 0.29) is 35.9 Å². The number of hydrogen-bond acceptors (Lipinski definition) is 6. The molecule has 5 rings (SSSR count). The van der Waals surface area contributed by atoms with Gasteiger partial charge >= 0.3 is 6.03 Å². The number of methoxy groups -OCH3 is 1. The lowest BCUT2D eigenvalue weighted by Gasteiger charge is -2.14. The maximum absolute atomic E-state index is 13.5. The fraction of sp³-hybridized carbons (Fsp3) is 0.172. The van der Waals surface area contributed by atoms with Crippen molar-refractivity contribution in [2.45, 2.75) is 25.8 Å². The average Bonchev–Trinajstić information content (AvgIpc) is 3.40. The number of urea groups is 1. The van der Waals surface area contributed by atoms with Gasteiger partial charge in [0, 0.05) is 18.5 Å². The van der Waals surface area contributed by atoms with Gasteiger partial charge in [0.2, 0.25) is 5.88 Å². The monoisotopic (exact) mass is 525 g/mol. The van der Waals surface area contributed by atoms with Gasteiger partial charge in [0.05, 0.1) is 42.3 Å². The smallest absolute Gasteiger partial charge is 0.329 e. The molecule has 0 saturated carbocycles. The Morgan fingerprint density at radius 3 is 2.46 bits per heavy atom. The maximum Gasteiger partial charge on any atom is 0.329 e. The molecular formula is C29H24FN5O4. The van der Waals surface area contributed by atoms with E-state index < -0.39 is 11.9 Å². The summed E-state index contributed by atoms with van der Waals surface area (Å²) in [7, 11) is 1.60. The first-order valence-corrected chi connectivity index (χ1v) is 12.2. The molecule has 2 aliphatic rings. The summed E-state index contributed by atoms with van der Waals surface area (Å²) in [6.45, 7) is 0.0163. The van der Waals surface area contributed by atoms with Crippen LogP contribution in [-0.2, 0) is 22.5 Å². The van der Waals surface area contributed by atoms with Crippen LogP contribution in [0.3, 0.4) is 0 Å². The van der Waals surface area contributed by atoms with Crippen molar-refractivity contribution in [3.05, 3.63) is 106 Å². The summed E-state index contributed by atoms with van der Waals surface area (Å²) < 4.78 is 20.2. The fourth-order valence-corrected chi connectivity index (χ4v) is 4.42. The van der Waals surface area contributed by atoms with E-state index >= 15 is 0 Å². The Morgan fingerprint density at radius 2 is 1.82 bits per heavy atom. The van der Waals surface area contributed by atoms with E-state index in [0.717, 1.165) is 21.9 Å². The number of carbonyl (C=O) groups is 2. The molecule has 0 unspecified atom stereocenters. The summed E-state index contributed by atoms with van der Waals surface area (Å²) in [4.78, 5) is 26.9. The molecule has 0 spiro atoms. The summed E-state index contributed by atoms with van der Waals surface area (Å²) >= 11 is 0. The minimum atomic E-state index is -0.602. The van der Waals surface area contributed by atoms with Crippen LogP contribution in [0.1, 0.15) is 40.8 Å². The van der Waals surface area contributed by atoms with Crippen molar-refractivity contribution < 1.29 is 23.8 Å². The number of benzene rings is 2. The standard InChI is InChI=1S/C29H24FN5O4/c1-39-23-12-10-22(11-13-23)35-27(36)24(25(33-35)14-18-6-8-21(30)9-7-18)15-26-28(37)34(29(38)32-26)17-20-4-2-19(16-31)3-5-20/h2-10,12,15,36H,11,13-14,17H2,1H3,(H,32,38)/b26-15-. The molecule has 196 valence electrons. The highest BCUT2D eigenvalue weighted by Crippen LogP contribution is 2.33. The van der Waals surface area contributed by atoms with Gasteiger partial charge in [0.1, 0.15) is 11.5 Å². The van der Waals surface area contributed by atoms with Crippen molar-refractivity contribution in [3.8, 4) is 11.9 Å². The summed E-state index contributed by atoms with van der Waals surface area (Å²) in [6.07, 6.45) is 6.47. The number of aromatic nitrogens is 2. The van der Waals surface area contributed by atoms with Crippen LogP contribution in [0.25, 0.3) is 11.8 Å². The second-order valence-corrected chi connectivity index (χ2v) is 9.08. The van der Waals surface area contributed by atoms with Crippen LogP contribution < -0.4 is 5.32 Å².